The van der Waals surface area contributed by atoms with E-state index < -0.39 is 21.8 Å². The van der Waals surface area contributed by atoms with Crippen molar-refractivity contribution in [2.24, 2.45) is 5.73 Å². The van der Waals surface area contributed by atoms with Gasteiger partial charge in [-0.05, 0) is 117 Å². The number of carbonyl (C=O) groups is 1. The number of aryl methyl sites for hydroxylation is 2. The molecule has 0 saturated heterocycles. The molecule has 1 aromatic carbocycles. The van der Waals surface area contributed by atoms with Gasteiger partial charge in [0.1, 0.15) is 0 Å². The summed E-state index contributed by atoms with van der Waals surface area (Å²) in [5.41, 5.74) is 10.7. The van der Waals surface area contributed by atoms with E-state index in [0.29, 0.717) is 6.54 Å². The van der Waals surface area contributed by atoms with E-state index in [0.717, 1.165) is 50.8 Å². The van der Waals surface area contributed by atoms with Crippen molar-refractivity contribution in [2.45, 2.75) is 77.3 Å². The summed E-state index contributed by atoms with van der Waals surface area (Å²) in [6.45, 7) is 9.05. The van der Waals surface area contributed by atoms with Crippen LogP contribution in [0.25, 0.3) is 0 Å². The van der Waals surface area contributed by atoms with Gasteiger partial charge in [-0.15, -0.1) is 0 Å². The first-order chi connectivity index (χ1) is 16.0. The van der Waals surface area contributed by atoms with Crippen molar-refractivity contribution in [3.8, 4) is 0 Å². The summed E-state index contributed by atoms with van der Waals surface area (Å²) in [4.78, 5) is 16.5. The molecule has 3 rings (SSSR count). The number of hydrogen-bond donors (Lipinski definition) is 4. The van der Waals surface area contributed by atoms with Gasteiger partial charge >= 0.3 is 16.2 Å². The molecule has 35 heavy (non-hydrogen) atoms. The molecule has 0 heterocycles. The Morgan fingerprint density at radius 3 is 1.80 bits per heavy atom. The average molecular weight is 511 g/mol. The Morgan fingerprint density at radius 2 is 1.40 bits per heavy atom. The number of benzene rings is 1. The highest BCUT2D eigenvalue weighted by molar-refractivity contribution is 7.88. The molecule has 0 spiro atoms. The first kappa shape index (κ1) is 29.5. The van der Waals surface area contributed by atoms with Gasteiger partial charge in [0.15, 0.2) is 0 Å². The monoisotopic (exact) mass is 510 g/mol. The zero-order chi connectivity index (χ0) is 26.6. The maximum absolute atomic E-state index is 12.5. The summed E-state index contributed by atoms with van der Waals surface area (Å²) in [7, 11) is 3.81. The van der Waals surface area contributed by atoms with Gasteiger partial charge in [-0.3, -0.25) is 0 Å². The number of rotatable bonds is 8. The maximum atomic E-state index is 12.5. The molecule has 0 atom stereocenters. The summed E-state index contributed by atoms with van der Waals surface area (Å²) >= 11 is 0. The second-order valence-corrected chi connectivity index (χ2v) is 13.2. The molecule has 2 aliphatic carbocycles. The van der Waals surface area contributed by atoms with Gasteiger partial charge in [0, 0.05) is 29.9 Å². The third kappa shape index (κ3) is 9.69. The number of fused-ring (bicyclic) bond motifs is 2. The number of likely N-dealkylation sites (N-methyl/N-ethyl adjacent to an activating group) is 2. The minimum atomic E-state index is -3.97. The summed E-state index contributed by atoms with van der Waals surface area (Å²) in [5, 5.41) is 2.85. The van der Waals surface area contributed by atoms with Gasteiger partial charge in [0.2, 0.25) is 0 Å². The molecule has 2 amide bonds. The minimum Gasteiger partial charge on any atom is -0.324 e. The first-order valence-corrected chi connectivity index (χ1v) is 13.8. The molecule has 9 nitrogen and oxygen atoms in total. The van der Waals surface area contributed by atoms with Crippen molar-refractivity contribution >= 4 is 21.9 Å². The Balaban J connectivity index is 0.000000466. The Labute approximate surface area is 212 Å². The highest BCUT2D eigenvalue weighted by atomic mass is 32.2. The predicted octanol–water partition coefficient (Wildman–Crippen LogP) is 2.25. The summed E-state index contributed by atoms with van der Waals surface area (Å²) in [6, 6.07) is 1.56. The van der Waals surface area contributed by atoms with Crippen LogP contribution in [0.1, 0.15) is 62.8 Å². The molecule has 0 aliphatic heterocycles. The van der Waals surface area contributed by atoms with Crippen LogP contribution < -0.4 is 20.5 Å². The number of amides is 2. The van der Waals surface area contributed by atoms with Gasteiger partial charge in [0.05, 0.1) is 0 Å². The summed E-state index contributed by atoms with van der Waals surface area (Å²) in [6.07, 6.45) is 6.06. The normalized spacial score (nSPS) is 15.5. The van der Waals surface area contributed by atoms with Gasteiger partial charge in [-0.1, -0.05) is 6.07 Å². The third-order valence-corrected chi connectivity index (χ3v) is 7.06. The van der Waals surface area contributed by atoms with Crippen LogP contribution in [0.4, 0.5) is 10.5 Å². The van der Waals surface area contributed by atoms with Crippen LogP contribution in [0, 0.1) is 0 Å². The molecule has 1 aromatic rings. The topological polar surface area (TPSA) is 120 Å². The molecule has 5 N–H and O–H groups in total. The van der Waals surface area contributed by atoms with Crippen molar-refractivity contribution in [2.75, 3.05) is 46.6 Å². The molecule has 0 bridgehead atoms. The van der Waals surface area contributed by atoms with Crippen molar-refractivity contribution in [3.63, 3.8) is 0 Å². The van der Waals surface area contributed by atoms with E-state index in [-0.39, 0.29) is 5.54 Å². The number of nitrogens with zero attached hydrogens (tertiary/aromatic N) is 2. The fourth-order valence-electron chi connectivity index (χ4n) is 5.26. The average Bonchev–Trinajstić information content (AvgIpc) is 3.25. The lowest BCUT2D eigenvalue weighted by atomic mass is 9.99. The quantitative estimate of drug-likeness (QED) is 0.426. The zero-order valence-corrected chi connectivity index (χ0v) is 23.7. The van der Waals surface area contributed by atoms with Gasteiger partial charge in [-0.2, -0.15) is 13.1 Å². The Hall–Kier alpha value is -1.72. The SMILES string of the molecule is CN(C)CC(C)(C)N.CN(C)CC(C)(C)NS(=O)(=O)NC(=O)Nc1c2c(cc3c1CCC3)CCC2. The minimum absolute atomic E-state index is 0.0521. The molecule has 0 saturated carbocycles. The lowest BCUT2D eigenvalue weighted by molar-refractivity contribution is 0.256. The second kappa shape index (κ2) is 11.6. The smallest absolute Gasteiger partial charge is 0.324 e. The van der Waals surface area contributed by atoms with Crippen LogP contribution in [0.2, 0.25) is 0 Å². The molecule has 0 aromatic heterocycles. The number of hydrogen-bond acceptors (Lipinski definition) is 6. The van der Waals surface area contributed by atoms with Crippen LogP contribution in [-0.4, -0.2) is 76.6 Å². The van der Waals surface area contributed by atoms with E-state index in [2.05, 4.69) is 25.7 Å². The molecule has 2 aliphatic rings. The van der Waals surface area contributed by atoms with E-state index >= 15 is 0 Å². The number of nitrogens with one attached hydrogen (secondary N) is 3. The fourth-order valence-corrected chi connectivity index (χ4v) is 6.39. The van der Waals surface area contributed by atoms with Gasteiger partial charge < -0.3 is 20.9 Å². The van der Waals surface area contributed by atoms with Gasteiger partial charge in [0.25, 0.3) is 0 Å². The van der Waals surface area contributed by atoms with Crippen LogP contribution >= 0.6 is 0 Å². The summed E-state index contributed by atoms with van der Waals surface area (Å²) in [5.74, 6) is 0. The summed E-state index contributed by atoms with van der Waals surface area (Å²) < 4.78 is 29.4. The Morgan fingerprint density at radius 1 is 0.914 bits per heavy atom. The first-order valence-electron chi connectivity index (χ1n) is 12.4. The van der Waals surface area contributed by atoms with Crippen molar-refractivity contribution in [1.82, 2.24) is 19.2 Å². The lowest BCUT2D eigenvalue weighted by Gasteiger charge is -2.29. The Kier molecular flexibility index (Phi) is 9.74. The predicted molar refractivity (Wildman–Crippen MR) is 144 cm³/mol. The fraction of sp³-hybridized carbons (Fsp3) is 0.720. The highest BCUT2D eigenvalue weighted by Crippen LogP contribution is 2.38. The molecular formula is C25H46N6O3S. The lowest BCUT2D eigenvalue weighted by Crippen LogP contribution is -2.54. The van der Waals surface area contributed by atoms with E-state index in [1.165, 1.54) is 22.3 Å². The standard InChI is InChI=1S/C19H30N4O3S.C6H16N2/c1-19(2,12-23(3)4)22-27(25,26)21-18(24)20-17-15-9-5-7-13(15)11-14-8-6-10-16(14)17;1-6(2,7)5-8(3)4/h11,22H,5-10,12H2,1-4H3,(H2,20,21,24);5,7H2,1-4H3. The van der Waals surface area contributed by atoms with Gasteiger partial charge in [-0.25, -0.2) is 9.52 Å². The molecule has 10 heteroatoms. The molecule has 0 radical (unpaired) electrons. The van der Waals surface area contributed by atoms with E-state index in [9.17, 15) is 13.2 Å². The maximum Gasteiger partial charge on any atom is 0.333 e. The molecule has 200 valence electrons. The highest BCUT2D eigenvalue weighted by Gasteiger charge is 2.29. The largest absolute Gasteiger partial charge is 0.333 e. The molecule has 0 fully saturated rings. The number of anilines is 1. The van der Waals surface area contributed by atoms with E-state index in [1.807, 2.05) is 46.9 Å². The number of urea groups is 1. The van der Waals surface area contributed by atoms with Crippen LogP contribution in [-0.2, 0) is 35.9 Å². The number of carbonyl (C=O) groups excluding carboxylic acids is 1. The van der Waals surface area contributed by atoms with E-state index in [4.69, 9.17) is 5.73 Å². The molecular weight excluding hydrogens is 464 g/mol. The third-order valence-electron chi connectivity index (χ3n) is 5.78. The Bertz CT molecular complexity index is 965. The number of nitrogens with two attached hydrogens (primary N) is 1. The second-order valence-electron chi connectivity index (χ2n) is 11.7. The van der Waals surface area contributed by atoms with Crippen LogP contribution in [0.3, 0.4) is 0 Å². The van der Waals surface area contributed by atoms with Crippen LogP contribution in [0.5, 0.6) is 0 Å². The van der Waals surface area contributed by atoms with Crippen molar-refractivity contribution < 1.29 is 13.2 Å². The van der Waals surface area contributed by atoms with Crippen LogP contribution in [0.15, 0.2) is 6.07 Å². The van der Waals surface area contributed by atoms with Crippen molar-refractivity contribution in [3.05, 3.63) is 28.3 Å². The van der Waals surface area contributed by atoms with E-state index in [1.54, 1.807) is 13.8 Å². The van der Waals surface area contributed by atoms with Crippen molar-refractivity contribution in [1.29, 1.82) is 0 Å². The zero-order valence-electron chi connectivity index (χ0n) is 22.8. The molecule has 0 unspecified atom stereocenters.